The van der Waals surface area contributed by atoms with Crippen LogP contribution in [-0.4, -0.2) is 40.0 Å². The van der Waals surface area contributed by atoms with Crippen molar-refractivity contribution in [2.75, 3.05) is 18.5 Å². The number of rotatable bonds is 3. The summed E-state index contributed by atoms with van der Waals surface area (Å²) in [4.78, 5) is 11.5. The zero-order valence-electron chi connectivity index (χ0n) is 11.1. The van der Waals surface area contributed by atoms with Gasteiger partial charge in [0.2, 0.25) is 0 Å². The number of aryl methyl sites for hydroxylation is 1. The first-order valence-electron chi connectivity index (χ1n) is 6.44. The van der Waals surface area contributed by atoms with Gasteiger partial charge in [-0.05, 0) is 6.92 Å². The van der Waals surface area contributed by atoms with Gasteiger partial charge < -0.3 is 15.2 Å². The summed E-state index contributed by atoms with van der Waals surface area (Å²) >= 11 is 0. The van der Waals surface area contributed by atoms with E-state index in [4.69, 9.17) is 4.74 Å². The monoisotopic (exact) mass is 273 g/mol. The van der Waals surface area contributed by atoms with E-state index in [2.05, 4.69) is 15.5 Å². The Balaban J connectivity index is 2.07. The molecule has 2 aromatic rings. The highest BCUT2D eigenvalue weighted by Crippen LogP contribution is 2.28. The fourth-order valence-electron chi connectivity index (χ4n) is 2.44. The molecule has 6 heteroatoms. The maximum absolute atomic E-state index is 11.5. The fourth-order valence-corrected chi connectivity index (χ4v) is 2.44. The van der Waals surface area contributed by atoms with E-state index >= 15 is 0 Å². The minimum absolute atomic E-state index is 0.131. The van der Waals surface area contributed by atoms with Gasteiger partial charge in [-0.2, -0.15) is 5.10 Å². The molecule has 104 valence electrons. The van der Waals surface area contributed by atoms with Crippen LogP contribution in [0.15, 0.2) is 24.3 Å². The van der Waals surface area contributed by atoms with Gasteiger partial charge >= 0.3 is 5.97 Å². The number of aliphatic carboxylic acids is 1. The van der Waals surface area contributed by atoms with Crippen molar-refractivity contribution in [3.05, 3.63) is 30.0 Å². The molecule has 1 fully saturated rings. The third kappa shape index (κ3) is 1.98. The molecular formula is C14H15N3O3. The lowest BCUT2D eigenvalue weighted by atomic mass is 9.98. The molecule has 1 aliphatic heterocycles. The number of benzene rings is 1. The fraction of sp³-hybridized carbons (Fsp3) is 0.357. The Labute approximate surface area is 115 Å². The predicted molar refractivity (Wildman–Crippen MR) is 73.7 cm³/mol. The molecule has 0 spiro atoms. The molecule has 3 rings (SSSR count). The summed E-state index contributed by atoms with van der Waals surface area (Å²) in [5.41, 5.74) is -0.301. The van der Waals surface area contributed by atoms with Crippen molar-refractivity contribution in [2.45, 2.75) is 18.9 Å². The minimum atomic E-state index is -1.12. The van der Waals surface area contributed by atoms with Crippen LogP contribution in [0.3, 0.4) is 0 Å². The minimum Gasteiger partial charge on any atom is -0.479 e. The first kappa shape index (κ1) is 12.8. The number of hydrogen-bond acceptors (Lipinski definition) is 5. The number of nitrogens with zero attached hydrogens (tertiary/aromatic N) is 2. The molecule has 1 aliphatic rings. The van der Waals surface area contributed by atoms with Crippen molar-refractivity contribution >= 4 is 22.6 Å². The number of carbonyl (C=O) groups is 1. The number of carboxylic acid groups (broad SMARTS) is 1. The van der Waals surface area contributed by atoms with E-state index in [-0.39, 0.29) is 6.61 Å². The smallest absolute Gasteiger partial charge is 0.331 e. The lowest BCUT2D eigenvalue weighted by Crippen LogP contribution is -2.47. The van der Waals surface area contributed by atoms with Gasteiger partial charge in [-0.25, -0.2) is 4.79 Å². The molecule has 2 heterocycles. The van der Waals surface area contributed by atoms with E-state index in [0.29, 0.717) is 18.8 Å². The average Bonchev–Trinajstić information content (AvgIpc) is 2.92. The molecule has 0 radical (unpaired) electrons. The Kier molecular flexibility index (Phi) is 3.02. The Hall–Kier alpha value is -2.21. The topological polar surface area (TPSA) is 84.3 Å². The second-order valence-electron chi connectivity index (χ2n) is 4.99. The Morgan fingerprint density at radius 2 is 2.10 bits per heavy atom. The van der Waals surface area contributed by atoms with E-state index in [9.17, 15) is 9.90 Å². The maximum atomic E-state index is 11.5. The number of carboxylic acids is 1. The normalized spacial score (nSPS) is 22.1. The van der Waals surface area contributed by atoms with Crippen molar-refractivity contribution in [1.82, 2.24) is 10.2 Å². The van der Waals surface area contributed by atoms with Gasteiger partial charge in [0, 0.05) is 23.8 Å². The molecule has 1 saturated heterocycles. The Bertz CT molecular complexity index is 666. The third-order valence-electron chi connectivity index (χ3n) is 3.66. The van der Waals surface area contributed by atoms with Crippen molar-refractivity contribution < 1.29 is 14.6 Å². The summed E-state index contributed by atoms with van der Waals surface area (Å²) in [6.07, 6.45) is 0.409. The molecule has 1 atom stereocenters. The number of aromatic nitrogens is 2. The van der Waals surface area contributed by atoms with Crippen LogP contribution in [0, 0.1) is 6.92 Å². The average molecular weight is 273 g/mol. The summed E-state index contributed by atoms with van der Waals surface area (Å²) < 4.78 is 5.24. The molecule has 0 amide bonds. The maximum Gasteiger partial charge on any atom is 0.331 e. The summed E-state index contributed by atoms with van der Waals surface area (Å²) in [5.74, 6) is -0.444. The van der Waals surface area contributed by atoms with Crippen LogP contribution in [0.25, 0.3) is 10.8 Å². The highest BCUT2D eigenvalue weighted by molar-refractivity contribution is 5.95. The molecule has 0 bridgehead atoms. The van der Waals surface area contributed by atoms with Gasteiger partial charge in [0.25, 0.3) is 0 Å². The summed E-state index contributed by atoms with van der Waals surface area (Å²) in [6.45, 7) is 2.44. The number of ether oxygens (including phenoxy) is 1. The second kappa shape index (κ2) is 4.72. The predicted octanol–water partition coefficient (Wildman–Crippen LogP) is 1.59. The van der Waals surface area contributed by atoms with Crippen LogP contribution < -0.4 is 5.32 Å². The van der Waals surface area contributed by atoms with E-state index < -0.39 is 11.5 Å². The standard InChI is InChI=1S/C14H15N3O3/c1-9-10-4-2-3-5-11(10)12(17-16-9)15-14(13(18)19)6-7-20-8-14/h2-5H,6-8H2,1H3,(H,15,17)(H,18,19). The van der Waals surface area contributed by atoms with Gasteiger partial charge in [-0.1, -0.05) is 24.3 Å². The molecule has 1 unspecified atom stereocenters. The molecule has 20 heavy (non-hydrogen) atoms. The molecule has 1 aromatic carbocycles. The van der Waals surface area contributed by atoms with Crippen LogP contribution in [0.1, 0.15) is 12.1 Å². The molecule has 0 saturated carbocycles. The number of hydrogen-bond donors (Lipinski definition) is 2. The highest BCUT2D eigenvalue weighted by Gasteiger charge is 2.43. The van der Waals surface area contributed by atoms with Crippen molar-refractivity contribution in [1.29, 1.82) is 0 Å². The first-order chi connectivity index (χ1) is 9.62. The third-order valence-corrected chi connectivity index (χ3v) is 3.66. The zero-order chi connectivity index (χ0) is 14.2. The highest BCUT2D eigenvalue weighted by atomic mass is 16.5. The van der Waals surface area contributed by atoms with Crippen LogP contribution in [-0.2, 0) is 9.53 Å². The lowest BCUT2D eigenvalue weighted by Gasteiger charge is -2.24. The Morgan fingerprint density at radius 1 is 1.35 bits per heavy atom. The van der Waals surface area contributed by atoms with E-state index in [1.807, 2.05) is 31.2 Å². The number of nitrogens with one attached hydrogen (secondary N) is 1. The van der Waals surface area contributed by atoms with Gasteiger partial charge in [0.15, 0.2) is 11.4 Å². The number of anilines is 1. The molecule has 1 aromatic heterocycles. The van der Waals surface area contributed by atoms with Crippen LogP contribution in [0.4, 0.5) is 5.82 Å². The first-order valence-corrected chi connectivity index (χ1v) is 6.44. The largest absolute Gasteiger partial charge is 0.479 e. The van der Waals surface area contributed by atoms with Crippen LogP contribution in [0.2, 0.25) is 0 Å². The van der Waals surface area contributed by atoms with Crippen LogP contribution >= 0.6 is 0 Å². The summed E-state index contributed by atoms with van der Waals surface area (Å²) in [7, 11) is 0. The molecule has 0 aliphatic carbocycles. The van der Waals surface area contributed by atoms with E-state index in [1.165, 1.54) is 0 Å². The van der Waals surface area contributed by atoms with Crippen molar-refractivity contribution in [2.24, 2.45) is 0 Å². The molecule has 6 nitrogen and oxygen atoms in total. The van der Waals surface area contributed by atoms with Crippen molar-refractivity contribution in [3.8, 4) is 0 Å². The van der Waals surface area contributed by atoms with E-state index in [0.717, 1.165) is 16.5 Å². The zero-order valence-corrected chi connectivity index (χ0v) is 11.1. The SMILES string of the molecule is Cc1nnc(NC2(C(=O)O)CCOC2)c2ccccc12. The Morgan fingerprint density at radius 3 is 2.75 bits per heavy atom. The quantitative estimate of drug-likeness (QED) is 0.883. The summed E-state index contributed by atoms with van der Waals surface area (Å²) in [6, 6.07) is 7.67. The molecule has 2 N–H and O–H groups in total. The second-order valence-corrected chi connectivity index (χ2v) is 4.99. The number of fused-ring (bicyclic) bond motifs is 1. The van der Waals surface area contributed by atoms with Crippen molar-refractivity contribution in [3.63, 3.8) is 0 Å². The van der Waals surface area contributed by atoms with E-state index in [1.54, 1.807) is 0 Å². The van der Waals surface area contributed by atoms with Gasteiger partial charge in [0.1, 0.15) is 0 Å². The van der Waals surface area contributed by atoms with Gasteiger partial charge in [-0.3, -0.25) is 0 Å². The lowest BCUT2D eigenvalue weighted by molar-refractivity contribution is -0.142. The van der Waals surface area contributed by atoms with Crippen LogP contribution in [0.5, 0.6) is 0 Å². The molecular weight excluding hydrogens is 258 g/mol. The van der Waals surface area contributed by atoms with Gasteiger partial charge in [0.05, 0.1) is 12.3 Å². The van der Waals surface area contributed by atoms with Gasteiger partial charge in [-0.15, -0.1) is 5.10 Å². The summed E-state index contributed by atoms with van der Waals surface area (Å²) in [5, 5.41) is 22.5.